The van der Waals surface area contributed by atoms with Crippen molar-refractivity contribution in [1.82, 2.24) is 15.1 Å². The average molecular weight is 364 g/mol. The van der Waals surface area contributed by atoms with Crippen LogP contribution >= 0.6 is 11.6 Å². The molecule has 6 heteroatoms. The van der Waals surface area contributed by atoms with Gasteiger partial charge in [0.15, 0.2) is 0 Å². The molecule has 0 aliphatic carbocycles. The van der Waals surface area contributed by atoms with Crippen LogP contribution < -0.4 is 0 Å². The smallest absolute Gasteiger partial charge is 0.123 e. The summed E-state index contributed by atoms with van der Waals surface area (Å²) in [5, 5.41) is 8.63. The van der Waals surface area contributed by atoms with E-state index in [2.05, 4.69) is 42.9 Å². The monoisotopic (exact) mass is 363 g/mol. The minimum absolute atomic E-state index is 0.180. The maximum atomic E-state index is 11.3. The lowest BCUT2D eigenvalue weighted by molar-refractivity contribution is -0.115. The molecule has 0 saturated heterocycles. The molecule has 0 bridgehead atoms. The average Bonchev–Trinajstić information content (AvgIpc) is 2.98. The summed E-state index contributed by atoms with van der Waals surface area (Å²) in [7, 11) is 2.08. The summed E-state index contributed by atoms with van der Waals surface area (Å²) < 4.78 is 0. The molecule has 1 aromatic heterocycles. The Hall–Kier alpha value is -1.72. The highest BCUT2D eigenvalue weighted by Gasteiger charge is 2.20. The van der Waals surface area contributed by atoms with E-state index in [1.807, 2.05) is 6.07 Å². The number of hydrogen-bond acceptors (Lipinski definition) is 4. The first kappa shape index (κ1) is 19.6. The molecule has 0 fully saturated rings. The van der Waals surface area contributed by atoms with Gasteiger partial charge in [0.05, 0.1) is 16.7 Å². The standard InChI is InChI=1S/C19H26ClN3O2/c1-19(2,3)12-23(4)10-16-14(7-13(11-25)5-6-24)8-17(20)18-15(16)9-21-22-18/h6,8-9,11,13H,5,7,10,12H2,1-4H3,(H,21,22). The number of benzene rings is 1. The highest BCUT2D eigenvalue weighted by molar-refractivity contribution is 6.35. The summed E-state index contributed by atoms with van der Waals surface area (Å²) in [6.07, 6.45) is 4.15. The van der Waals surface area contributed by atoms with Gasteiger partial charge in [0, 0.05) is 30.8 Å². The second kappa shape index (κ2) is 8.11. The number of aldehydes is 2. The Morgan fingerprint density at radius 1 is 1.36 bits per heavy atom. The number of aromatic amines is 1. The molecular formula is C19H26ClN3O2. The molecule has 2 rings (SSSR count). The Labute approximate surface area is 153 Å². The molecule has 2 aromatic rings. The van der Waals surface area contributed by atoms with Crippen LogP contribution in [0.4, 0.5) is 0 Å². The summed E-state index contributed by atoms with van der Waals surface area (Å²) in [5.74, 6) is -0.329. The van der Waals surface area contributed by atoms with E-state index >= 15 is 0 Å². The van der Waals surface area contributed by atoms with Gasteiger partial charge in [-0.05, 0) is 36.1 Å². The Bertz CT molecular complexity index is 749. The van der Waals surface area contributed by atoms with Crippen molar-refractivity contribution in [2.45, 2.75) is 40.2 Å². The van der Waals surface area contributed by atoms with Gasteiger partial charge in [-0.25, -0.2) is 0 Å². The number of H-pyrrole nitrogens is 1. The lowest BCUT2D eigenvalue weighted by atomic mass is 9.91. The second-order valence-corrected chi connectivity index (χ2v) is 8.30. The Morgan fingerprint density at radius 2 is 2.08 bits per heavy atom. The van der Waals surface area contributed by atoms with Crippen LogP contribution in [0, 0.1) is 11.3 Å². The first-order chi connectivity index (χ1) is 11.7. The zero-order valence-corrected chi connectivity index (χ0v) is 16.1. The van der Waals surface area contributed by atoms with E-state index in [0.29, 0.717) is 11.4 Å². The lowest BCUT2D eigenvalue weighted by Gasteiger charge is -2.27. The van der Waals surface area contributed by atoms with Crippen molar-refractivity contribution >= 4 is 35.1 Å². The molecule has 25 heavy (non-hydrogen) atoms. The molecule has 1 N–H and O–H groups in total. The van der Waals surface area contributed by atoms with Crippen LogP contribution in [0.1, 0.15) is 38.3 Å². The predicted octanol–water partition coefficient (Wildman–Crippen LogP) is 3.64. The fourth-order valence-corrected chi connectivity index (χ4v) is 3.56. The van der Waals surface area contributed by atoms with Crippen LogP contribution in [-0.4, -0.2) is 41.3 Å². The van der Waals surface area contributed by atoms with E-state index in [-0.39, 0.29) is 17.8 Å². The van der Waals surface area contributed by atoms with Crippen LogP contribution in [0.5, 0.6) is 0 Å². The predicted molar refractivity (Wildman–Crippen MR) is 101 cm³/mol. The van der Waals surface area contributed by atoms with E-state index < -0.39 is 0 Å². The van der Waals surface area contributed by atoms with Crippen molar-refractivity contribution in [3.8, 4) is 0 Å². The minimum atomic E-state index is -0.329. The van der Waals surface area contributed by atoms with Gasteiger partial charge in [-0.2, -0.15) is 5.10 Å². The van der Waals surface area contributed by atoms with Gasteiger partial charge in [-0.1, -0.05) is 32.4 Å². The summed E-state index contributed by atoms with van der Waals surface area (Å²) in [6, 6.07) is 1.89. The molecule has 136 valence electrons. The summed E-state index contributed by atoms with van der Waals surface area (Å²) >= 11 is 6.38. The summed E-state index contributed by atoms with van der Waals surface area (Å²) in [6.45, 7) is 8.26. The third kappa shape index (κ3) is 5.13. The molecule has 1 heterocycles. The van der Waals surface area contributed by atoms with Gasteiger partial charge in [0.1, 0.15) is 12.6 Å². The molecule has 0 saturated carbocycles. The van der Waals surface area contributed by atoms with Crippen molar-refractivity contribution < 1.29 is 9.59 Å². The Morgan fingerprint density at radius 3 is 2.68 bits per heavy atom. The number of carbonyl (C=O) groups is 2. The zero-order chi connectivity index (χ0) is 18.6. The number of halogens is 1. The fourth-order valence-electron chi connectivity index (χ4n) is 3.28. The van der Waals surface area contributed by atoms with Gasteiger partial charge in [-0.15, -0.1) is 0 Å². The fraction of sp³-hybridized carbons (Fsp3) is 0.526. The van der Waals surface area contributed by atoms with E-state index in [9.17, 15) is 9.59 Å². The van der Waals surface area contributed by atoms with Gasteiger partial charge < -0.3 is 14.5 Å². The number of nitrogens with zero attached hydrogens (tertiary/aromatic N) is 2. The number of nitrogens with one attached hydrogen (secondary N) is 1. The third-order valence-corrected chi connectivity index (χ3v) is 4.44. The Kier molecular flexibility index (Phi) is 6.36. The van der Waals surface area contributed by atoms with E-state index in [0.717, 1.165) is 47.7 Å². The number of fused-ring (bicyclic) bond motifs is 1. The first-order valence-electron chi connectivity index (χ1n) is 8.46. The highest BCUT2D eigenvalue weighted by atomic mass is 35.5. The van der Waals surface area contributed by atoms with Gasteiger partial charge in [0.2, 0.25) is 0 Å². The van der Waals surface area contributed by atoms with Crippen molar-refractivity contribution in [3.63, 3.8) is 0 Å². The molecule has 1 atom stereocenters. The number of aromatic nitrogens is 2. The molecule has 5 nitrogen and oxygen atoms in total. The zero-order valence-electron chi connectivity index (χ0n) is 15.3. The van der Waals surface area contributed by atoms with E-state index in [1.165, 1.54) is 0 Å². The molecule has 1 unspecified atom stereocenters. The van der Waals surface area contributed by atoms with Gasteiger partial charge in [-0.3, -0.25) is 5.10 Å². The largest absolute Gasteiger partial charge is 0.303 e. The molecular weight excluding hydrogens is 338 g/mol. The topological polar surface area (TPSA) is 66.1 Å². The molecule has 0 aliphatic heterocycles. The Balaban J connectivity index is 2.41. The van der Waals surface area contributed by atoms with Gasteiger partial charge >= 0.3 is 0 Å². The van der Waals surface area contributed by atoms with Crippen molar-refractivity contribution in [3.05, 3.63) is 28.4 Å². The molecule has 0 spiro atoms. The SMILES string of the molecule is CN(Cc1c(CC(C=O)CC=O)cc(Cl)c2[nH]ncc12)CC(C)(C)C. The van der Waals surface area contributed by atoms with Crippen LogP contribution in [0.15, 0.2) is 12.3 Å². The number of hydrogen-bond donors (Lipinski definition) is 1. The number of carbonyl (C=O) groups excluding carboxylic acids is 2. The summed E-state index contributed by atoms with van der Waals surface area (Å²) in [5.41, 5.74) is 3.10. The van der Waals surface area contributed by atoms with Crippen LogP contribution in [0.25, 0.3) is 10.9 Å². The normalized spacial score (nSPS) is 13.4. The lowest BCUT2D eigenvalue weighted by Crippen LogP contribution is -2.29. The molecule has 0 amide bonds. The van der Waals surface area contributed by atoms with Crippen LogP contribution in [-0.2, 0) is 22.6 Å². The molecule has 0 radical (unpaired) electrons. The van der Waals surface area contributed by atoms with Crippen molar-refractivity contribution in [2.75, 3.05) is 13.6 Å². The summed E-state index contributed by atoms with van der Waals surface area (Å²) in [4.78, 5) is 24.4. The van der Waals surface area contributed by atoms with Crippen molar-refractivity contribution in [2.24, 2.45) is 11.3 Å². The van der Waals surface area contributed by atoms with E-state index in [4.69, 9.17) is 11.6 Å². The van der Waals surface area contributed by atoms with E-state index in [1.54, 1.807) is 6.20 Å². The molecule has 1 aromatic carbocycles. The number of rotatable bonds is 8. The molecule has 0 aliphatic rings. The van der Waals surface area contributed by atoms with Crippen LogP contribution in [0.2, 0.25) is 5.02 Å². The highest BCUT2D eigenvalue weighted by Crippen LogP contribution is 2.31. The minimum Gasteiger partial charge on any atom is -0.303 e. The van der Waals surface area contributed by atoms with Gasteiger partial charge in [0.25, 0.3) is 0 Å². The second-order valence-electron chi connectivity index (χ2n) is 7.89. The van der Waals surface area contributed by atoms with Crippen molar-refractivity contribution in [1.29, 1.82) is 0 Å². The first-order valence-corrected chi connectivity index (χ1v) is 8.83. The quantitative estimate of drug-likeness (QED) is 0.727. The maximum Gasteiger partial charge on any atom is 0.123 e. The third-order valence-electron chi connectivity index (χ3n) is 4.14. The maximum absolute atomic E-state index is 11.3. The van der Waals surface area contributed by atoms with Crippen LogP contribution in [0.3, 0.4) is 0 Å².